The summed E-state index contributed by atoms with van der Waals surface area (Å²) in [5.74, 6) is -1.06. The van der Waals surface area contributed by atoms with Gasteiger partial charge in [-0.3, -0.25) is 4.79 Å². The molecule has 6 nitrogen and oxygen atoms in total. The molecule has 1 heterocycles. The zero-order valence-corrected chi connectivity index (χ0v) is 11.1. The van der Waals surface area contributed by atoms with E-state index in [4.69, 9.17) is 5.11 Å². The van der Waals surface area contributed by atoms with Crippen LogP contribution in [-0.2, 0) is 15.0 Å². The molecule has 17 heavy (non-hydrogen) atoms. The van der Waals surface area contributed by atoms with Gasteiger partial charge in [-0.2, -0.15) is 17.0 Å². The molecule has 1 rings (SSSR count). The molecular formula is C10H20N2O4S. The van der Waals surface area contributed by atoms with Crippen LogP contribution in [0.2, 0.25) is 0 Å². The highest BCUT2D eigenvalue weighted by Gasteiger charge is 2.38. The first-order valence-electron chi connectivity index (χ1n) is 5.94. The van der Waals surface area contributed by atoms with Gasteiger partial charge >= 0.3 is 5.97 Å². The molecule has 0 unspecified atom stereocenters. The van der Waals surface area contributed by atoms with Crippen LogP contribution in [0.1, 0.15) is 33.1 Å². The SMILES string of the molecule is CCN(CC)S(=O)(=O)N1CCCC[C@H]1C(=O)O. The Morgan fingerprint density at radius 1 is 1.35 bits per heavy atom. The second kappa shape index (κ2) is 5.79. The monoisotopic (exact) mass is 264 g/mol. The van der Waals surface area contributed by atoms with E-state index in [1.807, 2.05) is 0 Å². The first-order chi connectivity index (χ1) is 7.95. The summed E-state index contributed by atoms with van der Waals surface area (Å²) in [5.41, 5.74) is 0. The van der Waals surface area contributed by atoms with Gasteiger partial charge in [0.25, 0.3) is 10.2 Å². The quantitative estimate of drug-likeness (QED) is 0.785. The van der Waals surface area contributed by atoms with E-state index in [0.29, 0.717) is 26.1 Å². The third kappa shape index (κ3) is 2.97. The lowest BCUT2D eigenvalue weighted by Gasteiger charge is -2.35. The molecule has 0 saturated carbocycles. The predicted octanol–water partition coefficient (Wildman–Crippen LogP) is 0.512. The second-order valence-corrected chi connectivity index (χ2v) is 5.93. The summed E-state index contributed by atoms with van der Waals surface area (Å²) in [5, 5.41) is 9.07. The third-order valence-electron chi connectivity index (χ3n) is 3.07. The summed E-state index contributed by atoms with van der Waals surface area (Å²) < 4.78 is 26.9. The zero-order chi connectivity index (χ0) is 13.1. The summed E-state index contributed by atoms with van der Waals surface area (Å²) >= 11 is 0. The number of nitrogens with zero attached hydrogens (tertiary/aromatic N) is 2. The summed E-state index contributed by atoms with van der Waals surface area (Å²) in [6.45, 7) is 4.53. The van der Waals surface area contributed by atoms with Crippen LogP contribution in [0.15, 0.2) is 0 Å². The van der Waals surface area contributed by atoms with Gasteiger partial charge in [-0.15, -0.1) is 0 Å². The molecule has 0 aromatic carbocycles. The summed E-state index contributed by atoms with van der Waals surface area (Å²) in [7, 11) is -3.63. The highest BCUT2D eigenvalue weighted by atomic mass is 32.2. The Balaban J connectivity index is 2.98. The molecule has 0 aromatic heterocycles. The van der Waals surface area contributed by atoms with E-state index in [1.54, 1.807) is 13.8 Å². The molecule has 1 atom stereocenters. The number of carbonyl (C=O) groups is 1. The van der Waals surface area contributed by atoms with Crippen molar-refractivity contribution in [2.24, 2.45) is 0 Å². The number of aliphatic carboxylic acids is 1. The Morgan fingerprint density at radius 2 is 1.94 bits per heavy atom. The number of carboxylic acids is 1. The average Bonchev–Trinajstić information content (AvgIpc) is 2.30. The Labute approximate surface area is 102 Å². The first-order valence-corrected chi connectivity index (χ1v) is 7.34. The highest BCUT2D eigenvalue weighted by Crippen LogP contribution is 2.22. The molecule has 100 valence electrons. The Kier molecular flexibility index (Phi) is 4.91. The van der Waals surface area contributed by atoms with Crippen molar-refractivity contribution in [2.75, 3.05) is 19.6 Å². The van der Waals surface area contributed by atoms with Crippen molar-refractivity contribution >= 4 is 16.2 Å². The minimum Gasteiger partial charge on any atom is -0.480 e. The number of carboxylic acid groups (broad SMARTS) is 1. The lowest BCUT2D eigenvalue weighted by molar-refractivity contribution is -0.142. The van der Waals surface area contributed by atoms with Crippen LogP contribution in [0.25, 0.3) is 0 Å². The molecule has 0 spiro atoms. The molecule has 1 fully saturated rings. The highest BCUT2D eigenvalue weighted by molar-refractivity contribution is 7.86. The molecule has 1 N–H and O–H groups in total. The Hall–Kier alpha value is -0.660. The molecule has 0 amide bonds. The number of hydrogen-bond acceptors (Lipinski definition) is 3. The smallest absolute Gasteiger partial charge is 0.322 e. The average molecular weight is 264 g/mol. The molecule has 1 aliphatic rings. The molecular weight excluding hydrogens is 244 g/mol. The second-order valence-electron chi connectivity index (χ2n) is 4.05. The van der Waals surface area contributed by atoms with Crippen molar-refractivity contribution in [3.05, 3.63) is 0 Å². The molecule has 1 aliphatic heterocycles. The zero-order valence-electron chi connectivity index (χ0n) is 10.3. The van der Waals surface area contributed by atoms with Crippen LogP contribution in [0.4, 0.5) is 0 Å². The lowest BCUT2D eigenvalue weighted by atomic mass is 10.1. The number of piperidine rings is 1. The van der Waals surface area contributed by atoms with E-state index in [0.717, 1.165) is 17.1 Å². The van der Waals surface area contributed by atoms with Gasteiger partial charge in [-0.25, -0.2) is 0 Å². The predicted molar refractivity (Wildman–Crippen MR) is 63.8 cm³/mol. The minimum atomic E-state index is -3.63. The maximum atomic E-state index is 12.3. The summed E-state index contributed by atoms with van der Waals surface area (Å²) in [6, 6.07) is -0.908. The largest absolute Gasteiger partial charge is 0.480 e. The van der Waals surface area contributed by atoms with E-state index in [-0.39, 0.29) is 0 Å². The van der Waals surface area contributed by atoms with Crippen LogP contribution in [0, 0.1) is 0 Å². The van der Waals surface area contributed by atoms with Crippen molar-refractivity contribution in [2.45, 2.75) is 39.2 Å². The van der Waals surface area contributed by atoms with Gasteiger partial charge < -0.3 is 5.11 Å². The topological polar surface area (TPSA) is 77.9 Å². The normalized spacial score (nSPS) is 22.9. The van der Waals surface area contributed by atoms with E-state index < -0.39 is 22.2 Å². The van der Waals surface area contributed by atoms with E-state index in [9.17, 15) is 13.2 Å². The van der Waals surface area contributed by atoms with Gasteiger partial charge in [0, 0.05) is 19.6 Å². The third-order valence-corrected chi connectivity index (χ3v) is 5.27. The molecule has 1 saturated heterocycles. The maximum absolute atomic E-state index is 12.3. The first kappa shape index (κ1) is 14.4. The number of hydrogen-bond donors (Lipinski definition) is 1. The Bertz CT molecular complexity index is 365. The molecule has 7 heteroatoms. The fourth-order valence-corrected chi connectivity index (χ4v) is 3.95. The van der Waals surface area contributed by atoms with Crippen molar-refractivity contribution in [3.63, 3.8) is 0 Å². The minimum absolute atomic E-state index is 0.301. The van der Waals surface area contributed by atoms with Crippen molar-refractivity contribution in [3.8, 4) is 0 Å². The van der Waals surface area contributed by atoms with Gasteiger partial charge in [0.2, 0.25) is 0 Å². The van der Waals surface area contributed by atoms with Crippen LogP contribution >= 0.6 is 0 Å². The van der Waals surface area contributed by atoms with E-state index in [2.05, 4.69) is 0 Å². The molecule has 0 radical (unpaired) electrons. The fourth-order valence-electron chi connectivity index (χ4n) is 2.13. The lowest BCUT2D eigenvalue weighted by Crippen LogP contribution is -2.53. The fraction of sp³-hybridized carbons (Fsp3) is 0.900. The van der Waals surface area contributed by atoms with Crippen molar-refractivity contribution in [1.82, 2.24) is 8.61 Å². The van der Waals surface area contributed by atoms with Crippen LogP contribution in [0.3, 0.4) is 0 Å². The molecule has 0 aliphatic carbocycles. The van der Waals surface area contributed by atoms with Gasteiger partial charge in [0.1, 0.15) is 6.04 Å². The number of rotatable bonds is 5. The molecule has 0 aromatic rings. The van der Waals surface area contributed by atoms with Gasteiger partial charge in [-0.1, -0.05) is 13.8 Å². The van der Waals surface area contributed by atoms with Crippen LogP contribution < -0.4 is 0 Å². The maximum Gasteiger partial charge on any atom is 0.322 e. The summed E-state index contributed by atoms with van der Waals surface area (Å²) in [4.78, 5) is 11.1. The van der Waals surface area contributed by atoms with Crippen molar-refractivity contribution < 1.29 is 18.3 Å². The van der Waals surface area contributed by atoms with Gasteiger partial charge in [-0.05, 0) is 19.3 Å². The van der Waals surface area contributed by atoms with Crippen LogP contribution in [-0.4, -0.2) is 53.8 Å². The van der Waals surface area contributed by atoms with Gasteiger partial charge in [0.05, 0.1) is 0 Å². The van der Waals surface area contributed by atoms with Crippen LogP contribution in [0.5, 0.6) is 0 Å². The van der Waals surface area contributed by atoms with Gasteiger partial charge in [0.15, 0.2) is 0 Å². The summed E-state index contributed by atoms with van der Waals surface area (Å²) in [6.07, 6.45) is 1.89. The van der Waals surface area contributed by atoms with E-state index >= 15 is 0 Å². The Morgan fingerprint density at radius 3 is 2.41 bits per heavy atom. The van der Waals surface area contributed by atoms with E-state index in [1.165, 1.54) is 4.31 Å². The standard InChI is InChI=1S/C10H20N2O4S/c1-3-11(4-2)17(15,16)12-8-6-5-7-9(12)10(13)14/h9H,3-8H2,1-2H3,(H,13,14)/t9-/m0/s1. The molecule has 0 bridgehead atoms. The van der Waals surface area contributed by atoms with Crippen molar-refractivity contribution in [1.29, 1.82) is 0 Å².